The zero-order valence-electron chi connectivity index (χ0n) is 6.91. The van der Waals surface area contributed by atoms with Crippen LogP contribution in [0.25, 0.3) is 0 Å². The molecule has 1 atom stereocenters. The summed E-state index contributed by atoms with van der Waals surface area (Å²) in [7, 11) is 0. The Morgan fingerprint density at radius 3 is 2.62 bits per heavy atom. The first kappa shape index (κ1) is 4.84. The summed E-state index contributed by atoms with van der Waals surface area (Å²) in [5.41, 5.74) is 0.547. The van der Waals surface area contributed by atoms with Crippen molar-refractivity contribution >= 4 is 0 Å². The van der Waals surface area contributed by atoms with Gasteiger partial charge in [0, 0.05) is 1.37 Å². The predicted molar refractivity (Wildman–Crippen MR) is 36.8 cm³/mol. The second kappa shape index (κ2) is 1.75. The molecule has 0 N–H and O–H groups in total. The van der Waals surface area contributed by atoms with Crippen molar-refractivity contribution in [3.05, 3.63) is 0 Å². The number of hydrogen-bond acceptors (Lipinski definition) is 0. The van der Waals surface area contributed by atoms with Crippen LogP contribution in [0.3, 0.4) is 0 Å². The highest BCUT2D eigenvalue weighted by atomic mass is 14.3. The molecule has 0 amide bonds. The minimum Gasteiger partial charge on any atom is -0.0625 e. The molecular weight excluding hydrogens is 96.1 g/mol. The molecule has 0 aromatic carbocycles. The largest absolute Gasteiger partial charge is 0.0625 e. The van der Waals surface area contributed by atoms with Crippen LogP contribution in [0.5, 0.6) is 0 Å². The quantitative estimate of drug-likeness (QED) is 0.453. The molecule has 0 aromatic heterocycles. The third kappa shape index (κ3) is 1.24. The van der Waals surface area contributed by atoms with Crippen LogP contribution in [0, 0.1) is 11.3 Å². The van der Waals surface area contributed by atoms with E-state index in [9.17, 15) is 0 Å². The van der Waals surface area contributed by atoms with E-state index in [1.54, 1.807) is 0 Å². The first-order valence-corrected chi connectivity index (χ1v) is 3.43. The molecule has 1 saturated carbocycles. The van der Waals surface area contributed by atoms with Crippen LogP contribution in [0.2, 0.25) is 0 Å². The fourth-order valence-electron chi connectivity index (χ4n) is 1.58. The van der Waals surface area contributed by atoms with Gasteiger partial charge in [-0.15, -0.1) is 0 Å². The van der Waals surface area contributed by atoms with E-state index < -0.39 is 0 Å². The molecule has 0 aliphatic heterocycles. The van der Waals surface area contributed by atoms with Gasteiger partial charge in [0.25, 0.3) is 0 Å². The molecule has 48 valence electrons. The predicted octanol–water partition coefficient (Wildman–Crippen LogP) is 2.83. The van der Waals surface area contributed by atoms with E-state index in [1.807, 2.05) is 0 Å². The Kier molecular flexibility index (Phi) is 1.06. The lowest BCUT2D eigenvalue weighted by Crippen LogP contribution is -2.03. The Bertz CT molecular complexity index is 96.7. The summed E-state index contributed by atoms with van der Waals surface area (Å²) in [6, 6.07) is 0. The monoisotopic (exact) mass is 113 g/mol. The van der Waals surface area contributed by atoms with Crippen molar-refractivity contribution in [3.8, 4) is 0 Å². The van der Waals surface area contributed by atoms with E-state index >= 15 is 0 Å². The van der Waals surface area contributed by atoms with Gasteiger partial charge in [-0.2, -0.15) is 0 Å². The summed E-state index contributed by atoms with van der Waals surface area (Å²) >= 11 is 0. The molecular formula is C8H16. The van der Waals surface area contributed by atoms with Crippen LogP contribution in [0.4, 0.5) is 0 Å². The molecule has 1 rings (SSSR count). The summed E-state index contributed by atoms with van der Waals surface area (Å²) in [6.07, 6.45) is 3.89. The fraction of sp³-hybridized carbons (Fsp3) is 1.00. The van der Waals surface area contributed by atoms with Crippen LogP contribution >= 0.6 is 0 Å². The lowest BCUT2D eigenvalue weighted by atomic mass is 9.91. The minimum absolute atomic E-state index is 0.547. The Hall–Kier alpha value is 0. The normalized spacial score (nSPS) is 37.2. The summed E-state index contributed by atoms with van der Waals surface area (Å²) in [5.74, 6) is 0.708. The van der Waals surface area contributed by atoms with Gasteiger partial charge in [-0.05, 0) is 24.2 Å². The second-order valence-corrected chi connectivity index (χ2v) is 3.77. The summed E-state index contributed by atoms with van der Waals surface area (Å²) in [6.45, 7) is 5.26. The van der Waals surface area contributed by atoms with Crippen molar-refractivity contribution in [1.29, 1.82) is 0 Å². The summed E-state index contributed by atoms with van der Waals surface area (Å²) in [5, 5.41) is 0. The van der Waals surface area contributed by atoms with E-state index in [1.165, 1.54) is 19.3 Å². The molecule has 1 aliphatic carbocycles. The van der Waals surface area contributed by atoms with Crippen LogP contribution < -0.4 is 0 Å². The van der Waals surface area contributed by atoms with Crippen molar-refractivity contribution in [2.24, 2.45) is 11.3 Å². The molecule has 0 radical (unpaired) electrons. The number of rotatable bonds is 0. The van der Waals surface area contributed by atoms with Crippen molar-refractivity contribution in [2.45, 2.75) is 40.0 Å². The summed E-state index contributed by atoms with van der Waals surface area (Å²) < 4.78 is 7.18. The van der Waals surface area contributed by atoms with E-state index in [4.69, 9.17) is 1.37 Å². The molecule has 0 heteroatoms. The lowest BCUT2D eigenvalue weighted by Gasteiger charge is -2.15. The lowest BCUT2D eigenvalue weighted by molar-refractivity contribution is 0.366. The first-order valence-electron chi connectivity index (χ1n) is 4.14. The molecule has 8 heavy (non-hydrogen) atoms. The topological polar surface area (TPSA) is 0 Å². The molecule has 1 unspecified atom stereocenters. The SMILES string of the molecule is [2H]CC1CCC(C)(C)C1. The van der Waals surface area contributed by atoms with Gasteiger partial charge in [-0.3, -0.25) is 0 Å². The van der Waals surface area contributed by atoms with Crippen LogP contribution in [-0.2, 0) is 0 Å². The first-order chi connectivity index (χ1) is 4.14. The van der Waals surface area contributed by atoms with Crippen molar-refractivity contribution in [2.75, 3.05) is 0 Å². The maximum absolute atomic E-state index is 7.18. The average Bonchev–Trinajstić information content (AvgIpc) is 2.10. The highest BCUT2D eigenvalue weighted by Gasteiger charge is 2.27. The fourth-order valence-corrected chi connectivity index (χ4v) is 1.58. The van der Waals surface area contributed by atoms with E-state index in [0.29, 0.717) is 18.2 Å². The highest BCUT2D eigenvalue weighted by Crippen LogP contribution is 2.40. The Balaban J connectivity index is 2.38. The van der Waals surface area contributed by atoms with E-state index in [2.05, 4.69) is 13.8 Å². The third-order valence-electron chi connectivity index (χ3n) is 2.07. The van der Waals surface area contributed by atoms with Gasteiger partial charge in [0.1, 0.15) is 0 Å². The zero-order valence-corrected chi connectivity index (χ0v) is 5.91. The van der Waals surface area contributed by atoms with Gasteiger partial charge >= 0.3 is 0 Å². The smallest absolute Gasteiger partial charge is 0.0233 e. The molecule has 0 aromatic rings. The van der Waals surface area contributed by atoms with Gasteiger partial charge in [-0.25, -0.2) is 0 Å². The van der Waals surface area contributed by atoms with Crippen LogP contribution in [0.1, 0.15) is 41.4 Å². The third-order valence-corrected chi connectivity index (χ3v) is 2.07. The zero-order chi connectivity index (χ0) is 6.91. The highest BCUT2D eigenvalue weighted by molar-refractivity contribution is 4.79. The molecule has 0 heterocycles. The second-order valence-electron chi connectivity index (χ2n) is 3.77. The molecule has 1 fully saturated rings. The summed E-state index contributed by atoms with van der Waals surface area (Å²) in [4.78, 5) is 0. The van der Waals surface area contributed by atoms with Crippen LogP contribution in [0.15, 0.2) is 0 Å². The van der Waals surface area contributed by atoms with E-state index in [-0.39, 0.29) is 0 Å². The maximum Gasteiger partial charge on any atom is 0.0233 e. The van der Waals surface area contributed by atoms with Gasteiger partial charge in [-0.1, -0.05) is 27.2 Å². The minimum atomic E-state index is 0.547. The Morgan fingerprint density at radius 2 is 2.38 bits per heavy atom. The van der Waals surface area contributed by atoms with E-state index in [0.717, 1.165) is 0 Å². The Morgan fingerprint density at radius 1 is 1.62 bits per heavy atom. The van der Waals surface area contributed by atoms with Gasteiger partial charge in [0.2, 0.25) is 0 Å². The van der Waals surface area contributed by atoms with Gasteiger partial charge in [0.15, 0.2) is 0 Å². The van der Waals surface area contributed by atoms with Crippen molar-refractivity contribution < 1.29 is 1.37 Å². The van der Waals surface area contributed by atoms with Gasteiger partial charge < -0.3 is 0 Å². The molecule has 0 bridgehead atoms. The van der Waals surface area contributed by atoms with Crippen molar-refractivity contribution in [1.82, 2.24) is 0 Å². The van der Waals surface area contributed by atoms with Crippen molar-refractivity contribution in [3.63, 3.8) is 0 Å². The van der Waals surface area contributed by atoms with Gasteiger partial charge in [0.05, 0.1) is 0 Å². The van der Waals surface area contributed by atoms with Crippen LogP contribution in [-0.4, -0.2) is 0 Å². The molecule has 0 saturated heterocycles. The average molecular weight is 113 g/mol. The Labute approximate surface area is 53.7 Å². The standard InChI is InChI=1S/C8H16/c1-7-4-5-8(2,3)6-7/h7H,4-6H2,1-3H3/i1D. The molecule has 0 nitrogen and oxygen atoms in total. The molecule has 1 aliphatic rings. The number of hydrogen-bond donors (Lipinski definition) is 0. The molecule has 0 spiro atoms. The maximum atomic E-state index is 7.18.